The molecule has 22 heavy (non-hydrogen) atoms. The molecule has 2 aromatic heterocycles. The Morgan fingerprint density at radius 1 is 1.18 bits per heavy atom. The Morgan fingerprint density at radius 2 is 1.91 bits per heavy atom. The quantitative estimate of drug-likeness (QED) is 0.707. The molecular formula is C16H14F3N3. The van der Waals surface area contributed by atoms with Gasteiger partial charge in [-0.1, -0.05) is 25.1 Å². The summed E-state index contributed by atoms with van der Waals surface area (Å²) >= 11 is 0. The smallest absolute Gasteiger partial charge is 0.232 e. The minimum atomic E-state index is -4.41. The summed E-state index contributed by atoms with van der Waals surface area (Å²) in [6, 6.07) is 7.25. The van der Waals surface area contributed by atoms with E-state index in [9.17, 15) is 13.2 Å². The van der Waals surface area contributed by atoms with Gasteiger partial charge >= 0.3 is 6.18 Å². The molecule has 2 heterocycles. The first kappa shape index (κ1) is 14.6. The number of hydrogen-bond acceptors (Lipinski definition) is 2. The summed E-state index contributed by atoms with van der Waals surface area (Å²) < 4.78 is 41.1. The van der Waals surface area contributed by atoms with Crippen LogP contribution < -0.4 is 0 Å². The second-order valence-corrected chi connectivity index (χ2v) is 5.11. The van der Waals surface area contributed by atoms with Gasteiger partial charge < -0.3 is 0 Å². The average Bonchev–Trinajstić information content (AvgIpc) is 2.87. The first-order chi connectivity index (χ1) is 10.4. The number of benzene rings is 1. The molecule has 0 radical (unpaired) electrons. The third-order valence-electron chi connectivity index (χ3n) is 3.54. The zero-order valence-electron chi connectivity index (χ0n) is 12.1. The van der Waals surface area contributed by atoms with Crippen LogP contribution >= 0.6 is 0 Å². The molecule has 3 nitrogen and oxygen atoms in total. The van der Waals surface area contributed by atoms with Crippen LogP contribution in [-0.2, 0) is 12.6 Å². The number of fused-ring (bicyclic) bond motifs is 1. The van der Waals surface area contributed by atoms with Crippen LogP contribution in [0.1, 0.15) is 23.7 Å². The summed E-state index contributed by atoms with van der Waals surface area (Å²) in [6.45, 7) is 3.71. The molecule has 0 saturated carbocycles. The Kier molecular flexibility index (Phi) is 3.39. The fraction of sp³-hybridized carbons (Fsp3) is 0.250. The molecule has 0 aliphatic rings. The minimum absolute atomic E-state index is 0.0844. The van der Waals surface area contributed by atoms with E-state index in [4.69, 9.17) is 0 Å². The first-order valence-electron chi connectivity index (χ1n) is 6.92. The third-order valence-corrected chi connectivity index (χ3v) is 3.54. The van der Waals surface area contributed by atoms with Crippen molar-refractivity contribution in [1.29, 1.82) is 0 Å². The van der Waals surface area contributed by atoms with E-state index in [1.54, 1.807) is 25.3 Å². The Hall–Kier alpha value is -2.37. The van der Waals surface area contributed by atoms with Crippen LogP contribution in [0, 0.1) is 6.92 Å². The van der Waals surface area contributed by atoms with Crippen molar-refractivity contribution in [3.8, 4) is 11.3 Å². The van der Waals surface area contributed by atoms with Crippen molar-refractivity contribution < 1.29 is 13.2 Å². The van der Waals surface area contributed by atoms with Crippen molar-refractivity contribution >= 4 is 5.65 Å². The maximum absolute atomic E-state index is 13.2. The fourth-order valence-electron chi connectivity index (χ4n) is 2.44. The lowest BCUT2D eigenvalue weighted by molar-refractivity contribution is -0.137. The Balaban J connectivity index is 2.24. The fourth-order valence-corrected chi connectivity index (χ4v) is 2.44. The Labute approximate surface area is 125 Å². The van der Waals surface area contributed by atoms with Gasteiger partial charge in [0.25, 0.3) is 0 Å². The van der Waals surface area contributed by atoms with E-state index in [1.165, 1.54) is 16.6 Å². The van der Waals surface area contributed by atoms with Gasteiger partial charge in [-0.2, -0.15) is 18.3 Å². The number of aryl methyl sites for hydroxylation is 2. The number of imidazole rings is 1. The molecule has 114 valence electrons. The van der Waals surface area contributed by atoms with Gasteiger partial charge in [-0.15, -0.1) is 0 Å². The van der Waals surface area contributed by atoms with Gasteiger partial charge in [-0.25, -0.2) is 9.50 Å². The lowest BCUT2D eigenvalue weighted by Gasteiger charge is -2.13. The first-order valence-corrected chi connectivity index (χ1v) is 6.92. The van der Waals surface area contributed by atoms with Gasteiger partial charge in [0.15, 0.2) is 5.65 Å². The van der Waals surface area contributed by atoms with E-state index in [2.05, 4.69) is 10.1 Å². The molecule has 0 aliphatic carbocycles. The van der Waals surface area contributed by atoms with E-state index in [0.717, 1.165) is 18.2 Å². The van der Waals surface area contributed by atoms with Crippen molar-refractivity contribution in [3.63, 3.8) is 0 Å². The largest absolute Gasteiger partial charge is 0.417 e. The zero-order valence-corrected chi connectivity index (χ0v) is 12.1. The van der Waals surface area contributed by atoms with Crippen LogP contribution in [0.15, 0.2) is 36.5 Å². The van der Waals surface area contributed by atoms with E-state index >= 15 is 0 Å². The minimum Gasteiger partial charge on any atom is -0.232 e. The second-order valence-electron chi connectivity index (χ2n) is 5.11. The SMILES string of the molecule is CCc1cn2nc(-c3ccccc3C(F)(F)F)c(C)cc2n1. The standard InChI is InChI=1S/C16H14F3N3/c1-3-11-9-22-14(20-11)8-10(2)15(21-22)12-6-4-5-7-13(12)16(17,18)19/h4-9H,3H2,1-2H3. The second kappa shape index (κ2) is 5.12. The highest BCUT2D eigenvalue weighted by Crippen LogP contribution is 2.37. The Bertz CT molecular complexity index is 834. The van der Waals surface area contributed by atoms with E-state index < -0.39 is 11.7 Å². The molecule has 0 saturated heterocycles. The summed E-state index contributed by atoms with van der Waals surface area (Å²) in [6.07, 6.45) is -1.92. The maximum Gasteiger partial charge on any atom is 0.417 e. The third kappa shape index (κ3) is 2.45. The van der Waals surface area contributed by atoms with Gasteiger partial charge in [-0.3, -0.25) is 0 Å². The molecule has 0 fully saturated rings. The highest BCUT2D eigenvalue weighted by Gasteiger charge is 2.34. The van der Waals surface area contributed by atoms with Crippen LogP contribution in [0.4, 0.5) is 13.2 Å². The summed E-state index contributed by atoms with van der Waals surface area (Å²) in [7, 11) is 0. The van der Waals surface area contributed by atoms with Gasteiger partial charge in [-0.05, 0) is 31.0 Å². The molecule has 0 spiro atoms. The van der Waals surface area contributed by atoms with Crippen LogP contribution in [0.25, 0.3) is 16.9 Å². The molecule has 0 bridgehead atoms. The monoisotopic (exact) mass is 305 g/mol. The molecule has 3 aromatic rings. The van der Waals surface area contributed by atoms with E-state index in [0.29, 0.717) is 16.9 Å². The summed E-state index contributed by atoms with van der Waals surface area (Å²) in [4.78, 5) is 4.38. The summed E-state index contributed by atoms with van der Waals surface area (Å²) in [5, 5.41) is 4.34. The van der Waals surface area contributed by atoms with Crippen molar-refractivity contribution in [2.75, 3.05) is 0 Å². The number of rotatable bonds is 2. The van der Waals surface area contributed by atoms with Gasteiger partial charge in [0.1, 0.15) is 0 Å². The van der Waals surface area contributed by atoms with Crippen LogP contribution in [0.3, 0.4) is 0 Å². The highest BCUT2D eigenvalue weighted by atomic mass is 19.4. The topological polar surface area (TPSA) is 30.2 Å². The van der Waals surface area contributed by atoms with Crippen LogP contribution in [0.2, 0.25) is 0 Å². The predicted octanol–water partition coefficient (Wildman–Crippen LogP) is 4.29. The molecule has 3 rings (SSSR count). The molecule has 0 aliphatic heterocycles. The summed E-state index contributed by atoms with van der Waals surface area (Å²) in [5.74, 6) is 0. The average molecular weight is 305 g/mol. The van der Waals surface area contributed by atoms with E-state index in [1.807, 2.05) is 6.92 Å². The molecule has 0 N–H and O–H groups in total. The van der Waals surface area contributed by atoms with Gasteiger partial charge in [0, 0.05) is 5.56 Å². The number of alkyl halides is 3. The van der Waals surface area contributed by atoms with Crippen molar-refractivity contribution in [2.24, 2.45) is 0 Å². The summed E-state index contributed by atoms with van der Waals surface area (Å²) in [5.41, 5.74) is 1.88. The molecule has 1 aromatic carbocycles. The lowest BCUT2D eigenvalue weighted by Crippen LogP contribution is -2.08. The highest BCUT2D eigenvalue weighted by molar-refractivity contribution is 5.68. The van der Waals surface area contributed by atoms with Crippen molar-refractivity contribution in [1.82, 2.24) is 14.6 Å². The number of hydrogen-bond donors (Lipinski definition) is 0. The normalized spacial score (nSPS) is 12.0. The maximum atomic E-state index is 13.2. The van der Waals surface area contributed by atoms with Gasteiger partial charge in [0.2, 0.25) is 0 Å². The lowest BCUT2D eigenvalue weighted by atomic mass is 10.0. The Morgan fingerprint density at radius 3 is 2.59 bits per heavy atom. The van der Waals surface area contributed by atoms with E-state index in [-0.39, 0.29) is 5.56 Å². The molecule has 0 atom stereocenters. The molecule has 0 unspecified atom stereocenters. The van der Waals surface area contributed by atoms with Crippen LogP contribution in [0.5, 0.6) is 0 Å². The van der Waals surface area contributed by atoms with Crippen LogP contribution in [-0.4, -0.2) is 14.6 Å². The zero-order chi connectivity index (χ0) is 15.9. The number of halogens is 3. The van der Waals surface area contributed by atoms with Crippen molar-refractivity contribution in [3.05, 3.63) is 53.3 Å². The van der Waals surface area contributed by atoms with Crippen molar-refractivity contribution in [2.45, 2.75) is 26.4 Å². The molecule has 6 heteroatoms. The number of nitrogens with zero attached hydrogens (tertiary/aromatic N) is 3. The molecular weight excluding hydrogens is 291 g/mol. The molecule has 0 amide bonds. The number of aromatic nitrogens is 3. The van der Waals surface area contributed by atoms with Gasteiger partial charge in [0.05, 0.1) is 23.1 Å². The predicted molar refractivity (Wildman–Crippen MR) is 77.5 cm³/mol.